The smallest absolute Gasteiger partial charge is 0.244 e. The molecule has 1 aromatic heterocycles. The molecule has 2 saturated heterocycles. The van der Waals surface area contributed by atoms with Crippen LogP contribution in [0.3, 0.4) is 0 Å². The van der Waals surface area contributed by atoms with E-state index in [0.29, 0.717) is 0 Å². The zero-order valence-corrected chi connectivity index (χ0v) is 13.1. The number of hydrogen-bond acceptors (Lipinski definition) is 4. The predicted molar refractivity (Wildman–Crippen MR) is 77.3 cm³/mol. The SMILES string of the molecule is CN(C(=O)Cn1cc(Br)cn1)C1CCN2CCOC1C2. The lowest BCUT2D eigenvalue weighted by Gasteiger charge is -2.45. The number of rotatable bonds is 3. The van der Waals surface area contributed by atoms with Gasteiger partial charge in [0.25, 0.3) is 0 Å². The Bertz CT molecular complexity index is 492. The summed E-state index contributed by atoms with van der Waals surface area (Å²) in [5.41, 5.74) is 0. The van der Waals surface area contributed by atoms with E-state index in [0.717, 1.165) is 37.1 Å². The summed E-state index contributed by atoms with van der Waals surface area (Å²) < 4.78 is 8.36. The van der Waals surface area contributed by atoms with E-state index < -0.39 is 0 Å². The van der Waals surface area contributed by atoms with Crippen LogP contribution in [0.4, 0.5) is 0 Å². The number of carbonyl (C=O) groups excluding carboxylic acids is 1. The van der Waals surface area contributed by atoms with Crippen LogP contribution in [0, 0.1) is 0 Å². The molecule has 110 valence electrons. The lowest BCUT2D eigenvalue weighted by atomic mass is 9.99. The molecule has 2 aliphatic heterocycles. The number of carbonyl (C=O) groups is 1. The van der Waals surface area contributed by atoms with E-state index in [-0.39, 0.29) is 24.6 Å². The van der Waals surface area contributed by atoms with Crippen LogP contribution >= 0.6 is 15.9 Å². The molecule has 0 aliphatic carbocycles. The Hall–Kier alpha value is -0.920. The first-order valence-corrected chi connectivity index (χ1v) is 7.70. The number of likely N-dealkylation sites (N-methyl/N-ethyl adjacent to an activating group) is 1. The topological polar surface area (TPSA) is 50.6 Å². The van der Waals surface area contributed by atoms with Gasteiger partial charge in [0.1, 0.15) is 6.54 Å². The number of ether oxygens (including phenoxy) is 1. The Kier molecular flexibility index (Phi) is 4.09. The van der Waals surface area contributed by atoms with Crippen LogP contribution < -0.4 is 0 Å². The van der Waals surface area contributed by atoms with Crippen LogP contribution in [0.5, 0.6) is 0 Å². The van der Waals surface area contributed by atoms with Crippen molar-refractivity contribution in [1.29, 1.82) is 0 Å². The number of piperidine rings is 1. The highest BCUT2D eigenvalue weighted by Gasteiger charge is 2.36. The molecule has 0 saturated carbocycles. The fourth-order valence-electron chi connectivity index (χ4n) is 2.97. The van der Waals surface area contributed by atoms with Crippen LogP contribution in [0.1, 0.15) is 6.42 Å². The molecular weight excluding hydrogens is 324 g/mol. The minimum atomic E-state index is 0.0771. The molecule has 1 aromatic rings. The van der Waals surface area contributed by atoms with E-state index in [2.05, 4.69) is 25.9 Å². The van der Waals surface area contributed by atoms with E-state index in [1.54, 1.807) is 10.9 Å². The molecule has 0 N–H and O–H groups in total. The molecule has 2 fully saturated rings. The summed E-state index contributed by atoms with van der Waals surface area (Å²) in [5, 5.41) is 4.13. The molecule has 0 spiro atoms. The average Bonchev–Trinajstić information content (AvgIpc) is 2.84. The van der Waals surface area contributed by atoms with Gasteiger partial charge in [-0.25, -0.2) is 0 Å². The van der Waals surface area contributed by atoms with Crippen molar-refractivity contribution >= 4 is 21.8 Å². The molecule has 3 unspecified atom stereocenters. The van der Waals surface area contributed by atoms with Gasteiger partial charge >= 0.3 is 0 Å². The largest absolute Gasteiger partial charge is 0.373 e. The van der Waals surface area contributed by atoms with Crippen LogP contribution in [-0.4, -0.2) is 70.9 Å². The number of fused-ring (bicyclic) bond motifs is 2. The summed E-state index contributed by atoms with van der Waals surface area (Å²) >= 11 is 3.34. The lowest BCUT2D eigenvalue weighted by molar-refractivity contribution is -0.143. The Morgan fingerprint density at radius 2 is 2.45 bits per heavy atom. The first kappa shape index (κ1) is 14.0. The first-order valence-electron chi connectivity index (χ1n) is 6.91. The van der Waals surface area contributed by atoms with Gasteiger partial charge in [0.15, 0.2) is 0 Å². The Labute approximate surface area is 126 Å². The second-order valence-corrected chi connectivity index (χ2v) is 6.34. The van der Waals surface area contributed by atoms with Gasteiger partial charge in [0, 0.05) is 32.9 Å². The zero-order chi connectivity index (χ0) is 14.1. The fraction of sp³-hybridized carbons (Fsp3) is 0.692. The third-order valence-corrected chi connectivity index (χ3v) is 4.55. The monoisotopic (exact) mass is 342 g/mol. The highest BCUT2D eigenvalue weighted by Crippen LogP contribution is 2.22. The van der Waals surface area contributed by atoms with Crippen molar-refractivity contribution in [3.63, 3.8) is 0 Å². The maximum Gasteiger partial charge on any atom is 0.244 e. The zero-order valence-electron chi connectivity index (χ0n) is 11.5. The molecule has 2 aliphatic rings. The van der Waals surface area contributed by atoms with E-state index in [9.17, 15) is 4.79 Å². The predicted octanol–water partition coefficient (Wildman–Crippen LogP) is 0.577. The van der Waals surface area contributed by atoms with Crippen molar-refractivity contribution in [1.82, 2.24) is 19.6 Å². The van der Waals surface area contributed by atoms with Gasteiger partial charge in [0.2, 0.25) is 5.91 Å². The first-order chi connectivity index (χ1) is 9.63. The third kappa shape index (κ3) is 2.89. The molecule has 3 rings (SSSR count). The Morgan fingerprint density at radius 3 is 3.20 bits per heavy atom. The minimum absolute atomic E-state index is 0.0771. The van der Waals surface area contributed by atoms with Crippen molar-refractivity contribution in [2.45, 2.75) is 25.1 Å². The van der Waals surface area contributed by atoms with E-state index in [4.69, 9.17) is 4.74 Å². The molecule has 3 atom stereocenters. The number of aromatic nitrogens is 2. The molecule has 1 amide bonds. The van der Waals surface area contributed by atoms with Crippen molar-refractivity contribution in [3.05, 3.63) is 16.9 Å². The molecule has 20 heavy (non-hydrogen) atoms. The number of hydrogen-bond donors (Lipinski definition) is 0. The lowest BCUT2D eigenvalue weighted by Crippen LogP contribution is -2.59. The van der Waals surface area contributed by atoms with Crippen LogP contribution in [0.15, 0.2) is 16.9 Å². The summed E-state index contributed by atoms with van der Waals surface area (Å²) in [6, 6.07) is 0.179. The Morgan fingerprint density at radius 1 is 1.60 bits per heavy atom. The standard InChI is InChI=1S/C13H19BrN4O2/c1-16(13(19)9-18-7-10(14)6-15-18)11-2-3-17-4-5-20-12(11)8-17/h6-7,11-12H,2-5,8-9H2,1H3. The Balaban J connectivity index is 1.62. The van der Waals surface area contributed by atoms with Crippen LogP contribution in [0.25, 0.3) is 0 Å². The van der Waals surface area contributed by atoms with E-state index in [1.165, 1.54) is 0 Å². The summed E-state index contributed by atoms with van der Waals surface area (Å²) in [4.78, 5) is 16.6. The normalized spacial score (nSPS) is 29.2. The van der Waals surface area contributed by atoms with Gasteiger partial charge in [-0.05, 0) is 22.4 Å². The van der Waals surface area contributed by atoms with Gasteiger partial charge in [-0.15, -0.1) is 0 Å². The minimum Gasteiger partial charge on any atom is -0.373 e. The van der Waals surface area contributed by atoms with Crippen molar-refractivity contribution in [3.8, 4) is 0 Å². The second kappa shape index (κ2) is 5.83. The van der Waals surface area contributed by atoms with Crippen molar-refractivity contribution in [2.24, 2.45) is 0 Å². The molecule has 0 aromatic carbocycles. The fourth-order valence-corrected chi connectivity index (χ4v) is 3.30. The summed E-state index contributed by atoms with van der Waals surface area (Å²) in [5.74, 6) is 0.0771. The molecule has 2 bridgehead atoms. The van der Waals surface area contributed by atoms with E-state index >= 15 is 0 Å². The van der Waals surface area contributed by atoms with Gasteiger partial charge in [-0.3, -0.25) is 14.4 Å². The van der Waals surface area contributed by atoms with Crippen molar-refractivity contribution in [2.75, 3.05) is 33.3 Å². The number of morpholine rings is 1. The van der Waals surface area contributed by atoms with Crippen LogP contribution in [-0.2, 0) is 16.1 Å². The summed E-state index contributed by atoms with van der Waals surface area (Å²) in [6.07, 6.45) is 4.63. The maximum absolute atomic E-state index is 12.4. The van der Waals surface area contributed by atoms with Gasteiger partial charge < -0.3 is 9.64 Å². The van der Waals surface area contributed by atoms with Crippen LogP contribution in [0.2, 0.25) is 0 Å². The number of amides is 1. The number of nitrogens with zero attached hydrogens (tertiary/aromatic N) is 4. The maximum atomic E-state index is 12.4. The van der Waals surface area contributed by atoms with Gasteiger partial charge in [-0.2, -0.15) is 5.10 Å². The average molecular weight is 343 g/mol. The summed E-state index contributed by atoms with van der Waals surface area (Å²) in [6.45, 7) is 4.05. The molecule has 3 heterocycles. The third-order valence-electron chi connectivity index (χ3n) is 4.14. The molecule has 6 nitrogen and oxygen atoms in total. The molecule has 7 heteroatoms. The van der Waals surface area contributed by atoms with Gasteiger partial charge in [0.05, 0.1) is 29.4 Å². The molecule has 0 radical (unpaired) electrons. The van der Waals surface area contributed by atoms with Gasteiger partial charge in [-0.1, -0.05) is 0 Å². The quantitative estimate of drug-likeness (QED) is 0.806. The molecular formula is C13H19BrN4O2. The second-order valence-electron chi connectivity index (χ2n) is 5.43. The van der Waals surface area contributed by atoms with E-state index in [1.807, 2.05) is 18.1 Å². The highest BCUT2D eigenvalue weighted by atomic mass is 79.9. The summed E-state index contributed by atoms with van der Waals surface area (Å²) in [7, 11) is 1.87. The number of halogens is 1. The highest BCUT2D eigenvalue weighted by molar-refractivity contribution is 9.10. The van der Waals surface area contributed by atoms with Crippen molar-refractivity contribution < 1.29 is 9.53 Å².